The van der Waals surface area contributed by atoms with Crippen LogP contribution in [0.3, 0.4) is 0 Å². The van der Waals surface area contributed by atoms with E-state index in [1.807, 2.05) is 61.5 Å². The molecule has 1 N–H and O–H groups in total. The van der Waals surface area contributed by atoms with Crippen LogP contribution in [0.4, 0.5) is 0 Å². The van der Waals surface area contributed by atoms with Crippen LogP contribution in [0.1, 0.15) is 28.4 Å². The molecule has 3 rings (SSSR count). The van der Waals surface area contributed by atoms with E-state index >= 15 is 0 Å². The fraction of sp³-hybridized carbons (Fsp3) is 0.130. The summed E-state index contributed by atoms with van der Waals surface area (Å²) in [5.74, 6) is 0.932. The van der Waals surface area contributed by atoms with E-state index in [0.717, 1.165) is 14.7 Å². The molecule has 0 fully saturated rings. The lowest BCUT2D eigenvalue weighted by Crippen LogP contribution is -2.17. The molecule has 0 aliphatic heterocycles. The van der Waals surface area contributed by atoms with Gasteiger partial charge >= 0.3 is 0 Å². The zero-order valence-electron chi connectivity index (χ0n) is 16.3. The Hall–Kier alpha value is -2.58. The number of halogens is 2. The molecule has 5 nitrogen and oxygen atoms in total. The van der Waals surface area contributed by atoms with Crippen LogP contribution in [0, 0.1) is 3.57 Å². The second kappa shape index (κ2) is 11.0. The molecule has 154 valence electrons. The van der Waals surface area contributed by atoms with Crippen LogP contribution in [0.2, 0.25) is 5.02 Å². The molecule has 3 aromatic carbocycles. The highest BCUT2D eigenvalue weighted by molar-refractivity contribution is 14.1. The van der Waals surface area contributed by atoms with Gasteiger partial charge in [0.1, 0.15) is 6.61 Å². The minimum atomic E-state index is -0.271. The molecule has 30 heavy (non-hydrogen) atoms. The molecule has 0 aromatic heterocycles. The number of ether oxygens (including phenoxy) is 2. The van der Waals surface area contributed by atoms with Crippen LogP contribution in [-0.2, 0) is 6.61 Å². The molecule has 0 aliphatic carbocycles. The van der Waals surface area contributed by atoms with E-state index in [1.165, 1.54) is 0 Å². The number of benzene rings is 3. The van der Waals surface area contributed by atoms with E-state index < -0.39 is 0 Å². The summed E-state index contributed by atoms with van der Waals surface area (Å²) in [6.45, 7) is 2.73. The Labute approximate surface area is 194 Å². The average Bonchev–Trinajstić information content (AvgIpc) is 2.75. The fourth-order valence-electron chi connectivity index (χ4n) is 2.59. The topological polar surface area (TPSA) is 59.9 Å². The highest BCUT2D eigenvalue weighted by Gasteiger charge is 2.08. The number of carbonyl (C=O) groups excluding carboxylic acids is 1. The predicted octanol–water partition coefficient (Wildman–Crippen LogP) is 5.69. The highest BCUT2D eigenvalue weighted by atomic mass is 127. The molecular formula is C23H20ClIN2O3. The number of amides is 1. The Balaban J connectivity index is 1.66. The number of hydrogen-bond acceptors (Lipinski definition) is 4. The van der Waals surface area contributed by atoms with Gasteiger partial charge in [0.15, 0.2) is 11.5 Å². The summed E-state index contributed by atoms with van der Waals surface area (Å²) in [6, 6.07) is 20.2. The lowest BCUT2D eigenvalue weighted by Gasteiger charge is -2.13. The lowest BCUT2D eigenvalue weighted by molar-refractivity contribution is 0.0955. The maximum Gasteiger partial charge on any atom is 0.271 e. The summed E-state index contributed by atoms with van der Waals surface area (Å²) in [7, 11) is 0. The van der Waals surface area contributed by atoms with Crippen molar-refractivity contribution < 1.29 is 14.3 Å². The van der Waals surface area contributed by atoms with Crippen LogP contribution in [0.15, 0.2) is 71.8 Å². The van der Waals surface area contributed by atoms with Crippen molar-refractivity contribution in [2.45, 2.75) is 13.5 Å². The van der Waals surface area contributed by atoms with E-state index in [2.05, 4.69) is 33.1 Å². The highest BCUT2D eigenvalue weighted by Crippen LogP contribution is 2.29. The van der Waals surface area contributed by atoms with Gasteiger partial charge in [-0.15, -0.1) is 0 Å². The SMILES string of the molecule is CCOc1cc(/C=N\NC(=O)c2ccc(I)cc2)ccc1OCc1ccccc1Cl. The Kier molecular flexibility index (Phi) is 8.10. The molecule has 1 amide bonds. The van der Waals surface area contributed by atoms with Crippen LogP contribution in [-0.4, -0.2) is 18.7 Å². The first-order valence-electron chi connectivity index (χ1n) is 9.29. The summed E-state index contributed by atoms with van der Waals surface area (Å²) in [5.41, 5.74) is 4.74. The van der Waals surface area contributed by atoms with Gasteiger partial charge in [0.25, 0.3) is 5.91 Å². The smallest absolute Gasteiger partial charge is 0.271 e. The Morgan fingerprint density at radius 3 is 2.57 bits per heavy atom. The second-order valence-electron chi connectivity index (χ2n) is 6.23. The van der Waals surface area contributed by atoms with Gasteiger partial charge in [-0.25, -0.2) is 5.43 Å². The zero-order chi connectivity index (χ0) is 21.3. The summed E-state index contributed by atoms with van der Waals surface area (Å²) in [4.78, 5) is 12.1. The zero-order valence-corrected chi connectivity index (χ0v) is 19.2. The monoisotopic (exact) mass is 534 g/mol. The third-order valence-corrected chi connectivity index (χ3v) is 5.18. The van der Waals surface area contributed by atoms with Crippen molar-refractivity contribution in [2.24, 2.45) is 5.10 Å². The van der Waals surface area contributed by atoms with E-state index in [4.69, 9.17) is 21.1 Å². The van der Waals surface area contributed by atoms with Gasteiger partial charge in [0.05, 0.1) is 12.8 Å². The van der Waals surface area contributed by atoms with E-state index in [9.17, 15) is 4.79 Å². The standard InChI is InChI=1S/C23H20ClIN2O3/c1-2-29-22-13-16(14-26-27-23(28)17-8-10-19(25)11-9-17)7-12-21(22)30-15-18-5-3-4-6-20(18)24/h3-14H,2,15H2,1H3,(H,27,28)/b26-14-. The summed E-state index contributed by atoms with van der Waals surface area (Å²) >= 11 is 8.38. The van der Waals surface area contributed by atoms with Crippen molar-refractivity contribution in [2.75, 3.05) is 6.61 Å². The molecule has 3 aromatic rings. The Bertz CT molecular complexity index is 1040. The molecule has 0 atom stereocenters. The van der Waals surface area contributed by atoms with E-state index in [0.29, 0.717) is 35.3 Å². The number of nitrogens with one attached hydrogen (secondary N) is 1. The Morgan fingerprint density at radius 2 is 1.83 bits per heavy atom. The predicted molar refractivity (Wildman–Crippen MR) is 128 cm³/mol. The summed E-state index contributed by atoms with van der Waals surface area (Å²) < 4.78 is 12.7. The third-order valence-electron chi connectivity index (χ3n) is 4.09. The van der Waals surface area contributed by atoms with Crippen LogP contribution < -0.4 is 14.9 Å². The Morgan fingerprint density at radius 1 is 1.07 bits per heavy atom. The van der Waals surface area contributed by atoms with Crippen molar-refractivity contribution in [1.29, 1.82) is 0 Å². The van der Waals surface area contributed by atoms with Gasteiger partial charge < -0.3 is 9.47 Å². The lowest BCUT2D eigenvalue weighted by atomic mass is 10.2. The molecule has 0 saturated heterocycles. The minimum absolute atomic E-state index is 0.271. The van der Waals surface area contributed by atoms with Crippen LogP contribution in [0.5, 0.6) is 11.5 Å². The molecule has 0 radical (unpaired) electrons. The third kappa shape index (κ3) is 6.21. The molecule has 0 unspecified atom stereocenters. The number of rotatable bonds is 8. The van der Waals surface area contributed by atoms with Crippen molar-refractivity contribution in [3.05, 3.63) is 92.0 Å². The molecule has 0 aliphatic rings. The van der Waals surface area contributed by atoms with Crippen molar-refractivity contribution in [3.63, 3.8) is 0 Å². The van der Waals surface area contributed by atoms with Gasteiger partial charge in [0, 0.05) is 19.7 Å². The number of hydrogen-bond donors (Lipinski definition) is 1. The molecule has 7 heteroatoms. The first-order valence-corrected chi connectivity index (χ1v) is 10.7. The average molecular weight is 535 g/mol. The normalized spacial score (nSPS) is 10.8. The van der Waals surface area contributed by atoms with E-state index in [-0.39, 0.29) is 5.91 Å². The van der Waals surface area contributed by atoms with Gasteiger partial charge in [-0.3, -0.25) is 4.79 Å². The number of nitrogens with zero attached hydrogens (tertiary/aromatic N) is 1. The molecule has 0 saturated carbocycles. The maximum atomic E-state index is 12.1. The minimum Gasteiger partial charge on any atom is -0.490 e. The van der Waals surface area contributed by atoms with E-state index in [1.54, 1.807) is 18.3 Å². The first-order chi connectivity index (χ1) is 14.6. The van der Waals surface area contributed by atoms with Gasteiger partial charge in [-0.05, 0) is 83.6 Å². The number of hydrazone groups is 1. The van der Waals surface area contributed by atoms with Gasteiger partial charge in [-0.1, -0.05) is 29.8 Å². The van der Waals surface area contributed by atoms with Crippen molar-refractivity contribution in [1.82, 2.24) is 5.43 Å². The van der Waals surface area contributed by atoms with Crippen LogP contribution in [0.25, 0.3) is 0 Å². The summed E-state index contributed by atoms with van der Waals surface area (Å²) in [5, 5.41) is 4.69. The number of carbonyl (C=O) groups is 1. The van der Waals surface area contributed by atoms with Crippen molar-refractivity contribution in [3.8, 4) is 11.5 Å². The maximum absolute atomic E-state index is 12.1. The van der Waals surface area contributed by atoms with Crippen molar-refractivity contribution >= 4 is 46.3 Å². The van der Waals surface area contributed by atoms with Crippen LogP contribution >= 0.6 is 34.2 Å². The summed E-state index contributed by atoms with van der Waals surface area (Å²) in [6.07, 6.45) is 1.56. The van der Waals surface area contributed by atoms with Gasteiger partial charge in [0.2, 0.25) is 0 Å². The fourth-order valence-corrected chi connectivity index (χ4v) is 3.14. The molecule has 0 spiro atoms. The first kappa shape index (κ1) is 22.1. The molecule has 0 heterocycles. The van der Waals surface area contributed by atoms with Gasteiger partial charge in [-0.2, -0.15) is 5.10 Å². The molecular weight excluding hydrogens is 515 g/mol. The molecule has 0 bridgehead atoms. The second-order valence-corrected chi connectivity index (χ2v) is 7.88. The largest absolute Gasteiger partial charge is 0.490 e. The quantitative estimate of drug-likeness (QED) is 0.230.